The van der Waals surface area contributed by atoms with Gasteiger partial charge in [0.1, 0.15) is 0 Å². The Balaban J connectivity index is 2.28. The molecule has 0 fully saturated rings. The molecule has 1 N–H and O–H groups in total. The molecule has 0 bridgehead atoms. The summed E-state index contributed by atoms with van der Waals surface area (Å²) in [5.41, 5.74) is 2.02. The van der Waals surface area contributed by atoms with Crippen LogP contribution in [-0.4, -0.2) is 32.8 Å². The minimum atomic E-state index is 0.416. The van der Waals surface area contributed by atoms with E-state index in [2.05, 4.69) is 17.6 Å². The number of aromatic nitrogens is 1. The fourth-order valence-corrected chi connectivity index (χ4v) is 2.92. The zero-order chi connectivity index (χ0) is 14.5. The van der Waals surface area contributed by atoms with Crippen molar-refractivity contribution < 1.29 is 9.47 Å². The zero-order valence-electron chi connectivity index (χ0n) is 12.3. The van der Waals surface area contributed by atoms with Gasteiger partial charge in [-0.25, -0.2) is 4.98 Å². The van der Waals surface area contributed by atoms with Crippen LogP contribution in [0.3, 0.4) is 0 Å². The first-order chi connectivity index (χ1) is 9.69. The van der Waals surface area contributed by atoms with E-state index in [0.717, 1.165) is 34.3 Å². The normalized spacial score (nSPS) is 12.2. The summed E-state index contributed by atoms with van der Waals surface area (Å²) in [6.07, 6.45) is 0. The van der Waals surface area contributed by atoms with Gasteiger partial charge in [-0.05, 0) is 25.2 Å². The maximum atomic E-state index is 5.33. The lowest BCUT2D eigenvalue weighted by Crippen LogP contribution is -2.14. The largest absolute Gasteiger partial charge is 0.493 e. The van der Waals surface area contributed by atoms with Gasteiger partial charge in [0.05, 0.1) is 24.9 Å². The summed E-state index contributed by atoms with van der Waals surface area (Å²) in [5, 5.41) is 6.41. The van der Waals surface area contributed by atoms with E-state index in [4.69, 9.17) is 14.5 Å². The third-order valence-electron chi connectivity index (χ3n) is 3.13. The molecule has 1 aromatic carbocycles. The van der Waals surface area contributed by atoms with Crippen LogP contribution in [0.2, 0.25) is 0 Å². The number of hydrogen-bond acceptors (Lipinski definition) is 5. The van der Waals surface area contributed by atoms with Crippen LogP contribution in [0.5, 0.6) is 11.5 Å². The summed E-state index contributed by atoms with van der Waals surface area (Å²) in [5.74, 6) is 1.87. The minimum absolute atomic E-state index is 0.416. The van der Waals surface area contributed by atoms with E-state index in [1.807, 2.05) is 25.2 Å². The lowest BCUT2D eigenvalue weighted by molar-refractivity contribution is 0.355. The van der Waals surface area contributed by atoms with Gasteiger partial charge in [-0.15, -0.1) is 11.3 Å². The highest BCUT2D eigenvalue weighted by molar-refractivity contribution is 7.10. The van der Waals surface area contributed by atoms with Gasteiger partial charge in [-0.1, -0.05) is 6.92 Å². The molecule has 20 heavy (non-hydrogen) atoms. The summed E-state index contributed by atoms with van der Waals surface area (Å²) in [4.78, 5) is 4.71. The number of hydrogen-bond donors (Lipinski definition) is 1. The molecule has 4 nitrogen and oxygen atoms in total. The van der Waals surface area contributed by atoms with E-state index in [0.29, 0.717) is 5.92 Å². The first-order valence-corrected chi connectivity index (χ1v) is 7.40. The van der Waals surface area contributed by atoms with Crippen LogP contribution >= 0.6 is 11.3 Å². The predicted octanol–water partition coefficient (Wildman–Crippen LogP) is 3.15. The fraction of sp³-hybridized carbons (Fsp3) is 0.400. The second-order valence-corrected chi connectivity index (χ2v) is 5.49. The Labute approximate surface area is 123 Å². The van der Waals surface area contributed by atoms with Crippen molar-refractivity contribution in [2.24, 2.45) is 0 Å². The molecule has 2 aromatic rings. The molecule has 1 atom stereocenters. The average molecular weight is 292 g/mol. The molecule has 0 saturated heterocycles. The van der Waals surface area contributed by atoms with E-state index >= 15 is 0 Å². The molecule has 2 rings (SSSR count). The second kappa shape index (κ2) is 6.72. The molecule has 1 heterocycles. The van der Waals surface area contributed by atoms with Crippen LogP contribution in [-0.2, 0) is 0 Å². The van der Waals surface area contributed by atoms with Gasteiger partial charge in [0.15, 0.2) is 11.5 Å². The summed E-state index contributed by atoms with van der Waals surface area (Å²) in [6, 6.07) is 5.87. The van der Waals surface area contributed by atoms with Crippen molar-refractivity contribution in [3.8, 4) is 22.8 Å². The Kier molecular flexibility index (Phi) is 4.98. The smallest absolute Gasteiger partial charge is 0.161 e. The van der Waals surface area contributed by atoms with Crippen LogP contribution in [0.4, 0.5) is 0 Å². The molecule has 108 valence electrons. The first-order valence-electron chi connectivity index (χ1n) is 6.52. The molecule has 0 aliphatic rings. The molecule has 5 heteroatoms. The zero-order valence-corrected chi connectivity index (χ0v) is 13.1. The number of nitrogens with one attached hydrogen (secondary N) is 1. The topological polar surface area (TPSA) is 43.4 Å². The van der Waals surface area contributed by atoms with E-state index in [9.17, 15) is 0 Å². The predicted molar refractivity (Wildman–Crippen MR) is 83.0 cm³/mol. The number of rotatable bonds is 6. The fourth-order valence-electron chi connectivity index (χ4n) is 2.04. The number of methoxy groups -OCH3 is 2. The molecule has 0 aliphatic carbocycles. The minimum Gasteiger partial charge on any atom is -0.493 e. The number of thiazole rings is 1. The van der Waals surface area contributed by atoms with Crippen LogP contribution in [0.25, 0.3) is 11.3 Å². The van der Waals surface area contributed by atoms with Gasteiger partial charge < -0.3 is 14.8 Å². The van der Waals surface area contributed by atoms with Crippen molar-refractivity contribution in [3.05, 3.63) is 28.6 Å². The van der Waals surface area contributed by atoms with Crippen LogP contribution < -0.4 is 14.8 Å². The van der Waals surface area contributed by atoms with Crippen molar-refractivity contribution in [2.75, 3.05) is 27.8 Å². The van der Waals surface area contributed by atoms with Gasteiger partial charge in [-0.3, -0.25) is 0 Å². The van der Waals surface area contributed by atoms with E-state index in [1.165, 1.54) is 0 Å². The standard InChI is InChI=1S/C15H20N2O2S/c1-10(8-16-2)15-17-12(9-20-15)11-5-6-13(18-3)14(7-11)19-4/h5-7,9-10,16H,8H2,1-4H3. The van der Waals surface area contributed by atoms with Gasteiger partial charge in [-0.2, -0.15) is 0 Å². The van der Waals surface area contributed by atoms with Gasteiger partial charge in [0.25, 0.3) is 0 Å². The number of benzene rings is 1. The maximum Gasteiger partial charge on any atom is 0.161 e. The SMILES string of the molecule is CNCC(C)c1nc(-c2ccc(OC)c(OC)c2)cs1. The highest BCUT2D eigenvalue weighted by atomic mass is 32.1. The molecule has 0 aliphatic heterocycles. The summed E-state index contributed by atoms with van der Waals surface area (Å²) < 4.78 is 10.6. The molecule has 0 amide bonds. The Hall–Kier alpha value is -1.59. The van der Waals surface area contributed by atoms with Gasteiger partial charge >= 0.3 is 0 Å². The molecule has 0 radical (unpaired) electrons. The second-order valence-electron chi connectivity index (χ2n) is 4.60. The van der Waals surface area contributed by atoms with Crippen molar-refractivity contribution in [1.29, 1.82) is 0 Å². The third-order valence-corrected chi connectivity index (χ3v) is 4.21. The molecule has 0 spiro atoms. The van der Waals surface area contributed by atoms with Crippen molar-refractivity contribution in [2.45, 2.75) is 12.8 Å². The Bertz CT molecular complexity index is 569. The van der Waals surface area contributed by atoms with E-state index in [-0.39, 0.29) is 0 Å². The maximum absolute atomic E-state index is 5.33. The van der Waals surface area contributed by atoms with Crippen LogP contribution in [0.15, 0.2) is 23.6 Å². The van der Waals surface area contributed by atoms with Gasteiger partial charge in [0, 0.05) is 23.4 Å². The van der Waals surface area contributed by atoms with E-state index < -0.39 is 0 Å². The molecule has 0 saturated carbocycles. The number of likely N-dealkylation sites (N-methyl/N-ethyl adjacent to an activating group) is 1. The van der Waals surface area contributed by atoms with E-state index in [1.54, 1.807) is 25.6 Å². The van der Waals surface area contributed by atoms with Gasteiger partial charge in [0.2, 0.25) is 0 Å². The molecule has 1 unspecified atom stereocenters. The highest BCUT2D eigenvalue weighted by Crippen LogP contribution is 2.33. The Morgan fingerprint density at radius 3 is 2.65 bits per heavy atom. The summed E-state index contributed by atoms with van der Waals surface area (Å²) >= 11 is 1.69. The average Bonchev–Trinajstić information content (AvgIpc) is 2.96. The number of nitrogens with zero attached hydrogens (tertiary/aromatic N) is 1. The third kappa shape index (κ3) is 3.11. The quantitative estimate of drug-likeness (QED) is 0.888. The van der Waals surface area contributed by atoms with Crippen molar-refractivity contribution in [1.82, 2.24) is 10.3 Å². The molecular weight excluding hydrogens is 272 g/mol. The monoisotopic (exact) mass is 292 g/mol. The Morgan fingerprint density at radius 2 is 2.00 bits per heavy atom. The molecule has 1 aromatic heterocycles. The Morgan fingerprint density at radius 1 is 1.25 bits per heavy atom. The molecular formula is C15H20N2O2S. The van der Waals surface area contributed by atoms with Crippen LogP contribution in [0, 0.1) is 0 Å². The van der Waals surface area contributed by atoms with Crippen LogP contribution in [0.1, 0.15) is 17.8 Å². The van der Waals surface area contributed by atoms with Crippen molar-refractivity contribution >= 4 is 11.3 Å². The number of ether oxygens (including phenoxy) is 2. The first kappa shape index (κ1) is 14.8. The lowest BCUT2D eigenvalue weighted by Gasteiger charge is -2.08. The highest BCUT2D eigenvalue weighted by Gasteiger charge is 2.12. The lowest BCUT2D eigenvalue weighted by atomic mass is 10.1. The summed E-state index contributed by atoms with van der Waals surface area (Å²) in [7, 11) is 5.24. The summed E-state index contributed by atoms with van der Waals surface area (Å²) in [6.45, 7) is 3.10. The van der Waals surface area contributed by atoms with Crippen molar-refractivity contribution in [3.63, 3.8) is 0 Å².